The zero-order valence-electron chi connectivity index (χ0n) is 8.99. The molecule has 0 atom stereocenters. The molecule has 0 amide bonds. The van der Waals surface area contributed by atoms with Crippen molar-refractivity contribution in [3.05, 3.63) is 35.0 Å². The second-order valence-electron chi connectivity index (χ2n) is 3.67. The number of fused-ring (bicyclic) bond motifs is 1. The molecular formula is C12H6N2S3Se. The monoisotopic (exact) mass is 354 g/mol. The van der Waals surface area contributed by atoms with Gasteiger partial charge in [-0.05, 0) is 0 Å². The average molecular weight is 353 g/mol. The van der Waals surface area contributed by atoms with Gasteiger partial charge in [0.25, 0.3) is 0 Å². The van der Waals surface area contributed by atoms with Crippen molar-refractivity contribution in [2.24, 2.45) is 0 Å². The van der Waals surface area contributed by atoms with E-state index in [9.17, 15) is 0 Å². The molecule has 88 valence electrons. The minimum absolute atomic E-state index is 0.153. The third-order valence-corrected chi connectivity index (χ3v) is 7.49. The van der Waals surface area contributed by atoms with E-state index in [0.29, 0.717) is 0 Å². The Labute approximate surface area is 122 Å². The van der Waals surface area contributed by atoms with Gasteiger partial charge in [-0.25, -0.2) is 0 Å². The molecule has 0 aliphatic carbocycles. The quantitative estimate of drug-likeness (QED) is 0.505. The Morgan fingerprint density at radius 1 is 1.00 bits per heavy atom. The molecule has 4 aromatic rings. The van der Waals surface area contributed by atoms with E-state index in [1.54, 1.807) is 34.0 Å². The van der Waals surface area contributed by atoms with Crippen LogP contribution in [0.1, 0.15) is 0 Å². The number of nitrogens with zero attached hydrogens (tertiary/aromatic N) is 2. The second-order valence-corrected chi connectivity index (χ2v) is 8.14. The third kappa shape index (κ3) is 1.65. The fraction of sp³-hybridized carbons (Fsp3) is 0. The Kier molecular flexibility index (Phi) is 2.71. The molecule has 0 saturated carbocycles. The fourth-order valence-electron chi connectivity index (χ4n) is 1.88. The molecule has 4 aromatic heterocycles. The molecule has 0 bridgehead atoms. The van der Waals surface area contributed by atoms with Crippen LogP contribution < -0.4 is 0 Å². The van der Waals surface area contributed by atoms with Crippen LogP contribution in [-0.4, -0.2) is 23.9 Å². The fourth-order valence-corrected chi connectivity index (χ4v) is 6.80. The molecule has 0 aliphatic rings. The summed E-state index contributed by atoms with van der Waals surface area (Å²) in [4.78, 5) is 5.15. The molecule has 18 heavy (non-hydrogen) atoms. The van der Waals surface area contributed by atoms with Gasteiger partial charge in [0.15, 0.2) is 0 Å². The number of rotatable bonds is 2. The first-order chi connectivity index (χ1) is 8.93. The van der Waals surface area contributed by atoms with Gasteiger partial charge in [-0.15, -0.1) is 0 Å². The van der Waals surface area contributed by atoms with Crippen molar-refractivity contribution >= 4 is 57.8 Å². The average Bonchev–Trinajstić information content (AvgIpc) is 3.13. The molecule has 0 fully saturated rings. The first kappa shape index (κ1) is 11.1. The summed E-state index contributed by atoms with van der Waals surface area (Å²) in [6, 6.07) is 8.60. The Hall–Kier alpha value is -0.781. The van der Waals surface area contributed by atoms with Crippen LogP contribution in [0.2, 0.25) is 0 Å². The first-order valence-electron chi connectivity index (χ1n) is 5.26. The Bertz CT molecular complexity index is 781. The van der Waals surface area contributed by atoms with Gasteiger partial charge in [0.1, 0.15) is 0 Å². The molecule has 0 unspecified atom stereocenters. The van der Waals surface area contributed by atoms with Crippen LogP contribution in [0, 0.1) is 0 Å². The van der Waals surface area contributed by atoms with Crippen LogP contribution in [-0.2, 0) is 0 Å². The van der Waals surface area contributed by atoms with Gasteiger partial charge in [0.05, 0.1) is 0 Å². The summed E-state index contributed by atoms with van der Waals surface area (Å²) in [5.74, 6) is 0. The van der Waals surface area contributed by atoms with Crippen molar-refractivity contribution in [2.45, 2.75) is 0 Å². The summed E-state index contributed by atoms with van der Waals surface area (Å²) in [5, 5.41) is 8.54. The summed E-state index contributed by atoms with van der Waals surface area (Å²) in [7, 11) is 0. The standard InChI is InChI=1S/C12H6N2S3Se/c1-3-7(15-5-1)9-10(8-4-2-6-16-8)17-12-11(9)18-14-13-12/h1-6H. The zero-order chi connectivity index (χ0) is 11.9. The molecule has 0 aromatic carbocycles. The number of hydrogen-bond acceptors (Lipinski definition) is 5. The number of hydrogen-bond donors (Lipinski definition) is 0. The SMILES string of the molecule is c1csc(-c2sc3nn[se]c3c2-c2cccs2)c1. The van der Waals surface area contributed by atoms with Gasteiger partial charge in [-0.3, -0.25) is 0 Å². The van der Waals surface area contributed by atoms with Crippen LogP contribution in [0.25, 0.3) is 29.3 Å². The Balaban J connectivity index is 2.08. The summed E-state index contributed by atoms with van der Waals surface area (Å²) in [6.45, 7) is 0. The van der Waals surface area contributed by atoms with Gasteiger partial charge in [0.2, 0.25) is 0 Å². The van der Waals surface area contributed by atoms with Crippen LogP contribution in [0.15, 0.2) is 35.0 Å². The summed E-state index contributed by atoms with van der Waals surface area (Å²) < 4.78 is 5.57. The van der Waals surface area contributed by atoms with Crippen molar-refractivity contribution < 1.29 is 0 Å². The van der Waals surface area contributed by atoms with Gasteiger partial charge < -0.3 is 0 Å². The van der Waals surface area contributed by atoms with Gasteiger partial charge in [-0.2, -0.15) is 0 Å². The van der Waals surface area contributed by atoms with E-state index < -0.39 is 0 Å². The van der Waals surface area contributed by atoms with Gasteiger partial charge >= 0.3 is 122 Å². The van der Waals surface area contributed by atoms with Crippen molar-refractivity contribution in [3.8, 4) is 20.2 Å². The minimum atomic E-state index is 0.153. The third-order valence-electron chi connectivity index (χ3n) is 2.62. The Morgan fingerprint density at radius 3 is 2.50 bits per heavy atom. The Morgan fingerprint density at radius 2 is 1.78 bits per heavy atom. The molecule has 0 saturated heterocycles. The first-order valence-corrected chi connectivity index (χ1v) is 9.46. The summed E-state index contributed by atoms with van der Waals surface area (Å²) in [5.41, 5.74) is 1.37. The van der Waals surface area contributed by atoms with Gasteiger partial charge in [0, 0.05) is 0 Å². The maximum atomic E-state index is 4.28. The molecule has 0 radical (unpaired) electrons. The van der Waals surface area contributed by atoms with Crippen molar-refractivity contribution in [1.29, 1.82) is 0 Å². The molecule has 4 rings (SSSR count). The second kappa shape index (κ2) is 4.40. The number of aromatic nitrogens is 2. The van der Waals surface area contributed by atoms with E-state index in [4.69, 9.17) is 0 Å². The predicted molar refractivity (Wildman–Crippen MR) is 81.0 cm³/mol. The predicted octanol–water partition coefficient (Wildman–Crippen LogP) is 4.21. The van der Waals surface area contributed by atoms with Crippen LogP contribution in [0.5, 0.6) is 0 Å². The maximum absolute atomic E-state index is 4.28. The number of thiophene rings is 3. The zero-order valence-corrected chi connectivity index (χ0v) is 13.2. The summed E-state index contributed by atoms with van der Waals surface area (Å²) >= 11 is 5.52. The van der Waals surface area contributed by atoms with Crippen molar-refractivity contribution in [1.82, 2.24) is 9.19 Å². The van der Waals surface area contributed by atoms with E-state index in [2.05, 4.69) is 44.2 Å². The van der Waals surface area contributed by atoms with E-state index in [1.807, 2.05) is 0 Å². The van der Waals surface area contributed by atoms with E-state index in [0.717, 1.165) is 4.83 Å². The van der Waals surface area contributed by atoms with E-state index >= 15 is 0 Å². The van der Waals surface area contributed by atoms with Crippen molar-refractivity contribution in [2.75, 3.05) is 0 Å². The summed E-state index contributed by atoms with van der Waals surface area (Å²) in [6.07, 6.45) is 0. The molecule has 6 heteroatoms. The van der Waals surface area contributed by atoms with Gasteiger partial charge in [-0.1, -0.05) is 0 Å². The molecular weight excluding hydrogens is 347 g/mol. The van der Waals surface area contributed by atoms with Crippen molar-refractivity contribution in [3.63, 3.8) is 0 Å². The molecule has 0 N–H and O–H groups in total. The van der Waals surface area contributed by atoms with Crippen LogP contribution in [0.4, 0.5) is 0 Å². The molecule has 0 aliphatic heterocycles. The molecule has 2 nitrogen and oxygen atoms in total. The normalized spacial score (nSPS) is 11.3. The van der Waals surface area contributed by atoms with Crippen LogP contribution >= 0.6 is 34.0 Å². The molecule has 4 heterocycles. The topological polar surface area (TPSA) is 25.8 Å². The molecule has 0 spiro atoms. The van der Waals surface area contributed by atoms with Crippen LogP contribution in [0.3, 0.4) is 0 Å². The van der Waals surface area contributed by atoms with E-state index in [-0.39, 0.29) is 14.7 Å². The van der Waals surface area contributed by atoms with E-state index in [1.165, 1.54) is 24.5 Å².